The van der Waals surface area contributed by atoms with Crippen LogP contribution in [0.3, 0.4) is 0 Å². The van der Waals surface area contributed by atoms with Gasteiger partial charge in [0.15, 0.2) is 0 Å². The Morgan fingerprint density at radius 3 is 3.05 bits per heavy atom. The van der Waals surface area contributed by atoms with Crippen molar-refractivity contribution >= 4 is 32.8 Å². The second kappa shape index (κ2) is 4.98. The summed E-state index contributed by atoms with van der Waals surface area (Å²) in [6, 6.07) is 5.46. The molecule has 4 rings (SSSR count). The van der Waals surface area contributed by atoms with Gasteiger partial charge in [0.05, 0.1) is 11.4 Å². The summed E-state index contributed by atoms with van der Waals surface area (Å²) in [4.78, 5) is 0.285. The molecule has 0 spiro atoms. The molecule has 0 amide bonds. The van der Waals surface area contributed by atoms with Gasteiger partial charge < -0.3 is 5.32 Å². The molecule has 3 aliphatic rings. The van der Waals surface area contributed by atoms with Crippen molar-refractivity contribution in [2.24, 2.45) is 14.6 Å². The Balaban J connectivity index is 1.69. The summed E-state index contributed by atoms with van der Waals surface area (Å²) in [6.07, 6.45) is 2.23. The molecule has 0 radical (unpaired) electrons. The summed E-state index contributed by atoms with van der Waals surface area (Å²) < 4.78 is 35.7. The van der Waals surface area contributed by atoms with Gasteiger partial charge in [-0.05, 0) is 37.4 Å². The fourth-order valence-corrected chi connectivity index (χ4v) is 5.61. The molecule has 1 aromatic carbocycles. The Hall–Kier alpha value is -1.09. The lowest BCUT2D eigenvalue weighted by molar-refractivity contribution is 0.339. The Morgan fingerprint density at radius 2 is 2.19 bits per heavy atom. The molecule has 2 saturated heterocycles. The number of benzene rings is 1. The molecule has 6 nitrogen and oxygen atoms in total. The summed E-state index contributed by atoms with van der Waals surface area (Å²) in [5.41, 5.74) is 1.14. The highest BCUT2D eigenvalue weighted by Crippen LogP contribution is 2.40. The molecule has 2 atom stereocenters. The normalized spacial score (nSPS) is 28.2. The first-order valence-electron chi connectivity index (χ1n) is 7.11. The van der Waals surface area contributed by atoms with Crippen LogP contribution in [-0.2, 0) is 21.4 Å². The molecular weight excluding hydrogens is 308 g/mol. The molecule has 3 heterocycles. The lowest BCUT2D eigenvalue weighted by atomic mass is 9.94. The smallest absolute Gasteiger partial charge is 0.245 e. The number of hydrogen-bond acceptors (Lipinski definition) is 5. The SMILES string of the molecule is O=S(=O)(c1cccc2c1N=S=N2)N1CC2CCCNC2C1. The zero-order valence-corrected chi connectivity index (χ0v) is 13.0. The fraction of sp³-hybridized carbons (Fsp3) is 0.538. The van der Waals surface area contributed by atoms with Gasteiger partial charge in [0.25, 0.3) is 0 Å². The van der Waals surface area contributed by atoms with Crippen LogP contribution in [-0.4, -0.2) is 38.4 Å². The Bertz CT molecular complexity index is 741. The molecule has 0 saturated carbocycles. The molecule has 0 aliphatic carbocycles. The summed E-state index contributed by atoms with van der Waals surface area (Å²) in [5.74, 6) is 0.432. The average molecular weight is 324 g/mol. The van der Waals surface area contributed by atoms with E-state index in [1.165, 1.54) is 0 Å². The minimum Gasteiger partial charge on any atom is -0.312 e. The quantitative estimate of drug-likeness (QED) is 0.915. The first-order valence-corrected chi connectivity index (χ1v) is 9.28. The van der Waals surface area contributed by atoms with Gasteiger partial charge in [-0.25, -0.2) is 8.42 Å². The predicted molar refractivity (Wildman–Crippen MR) is 81.3 cm³/mol. The van der Waals surface area contributed by atoms with E-state index in [1.54, 1.807) is 22.5 Å². The molecule has 1 aromatic rings. The molecule has 21 heavy (non-hydrogen) atoms. The van der Waals surface area contributed by atoms with Gasteiger partial charge >= 0.3 is 0 Å². The van der Waals surface area contributed by atoms with Crippen molar-refractivity contribution in [2.75, 3.05) is 19.6 Å². The number of nitrogens with one attached hydrogen (secondary N) is 1. The Kier molecular flexibility index (Phi) is 3.21. The number of piperidine rings is 1. The number of sulfonamides is 1. The summed E-state index contributed by atoms with van der Waals surface area (Å²) in [7, 11) is -3.50. The predicted octanol–water partition coefficient (Wildman–Crippen LogP) is 1.79. The molecule has 0 aromatic heterocycles. The maximum absolute atomic E-state index is 12.9. The maximum Gasteiger partial charge on any atom is 0.245 e. The zero-order valence-electron chi connectivity index (χ0n) is 11.4. The third-order valence-corrected chi connectivity index (χ3v) is 6.84. The minimum atomic E-state index is -3.50. The monoisotopic (exact) mass is 324 g/mol. The van der Waals surface area contributed by atoms with Gasteiger partial charge in [0.2, 0.25) is 10.0 Å². The summed E-state index contributed by atoms with van der Waals surface area (Å²) in [5, 5.41) is 3.43. The van der Waals surface area contributed by atoms with E-state index in [-0.39, 0.29) is 4.90 Å². The highest BCUT2D eigenvalue weighted by atomic mass is 32.2. The molecule has 1 N–H and O–H groups in total. The lowest BCUT2D eigenvalue weighted by Gasteiger charge is -2.24. The second-order valence-electron chi connectivity index (χ2n) is 5.67. The lowest BCUT2D eigenvalue weighted by Crippen LogP contribution is -2.41. The summed E-state index contributed by atoms with van der Waals surface area (Å²) in [6.45, 7) is 2.15. The van der Waals surface area contributed by atoms with E-state index in [9.17, 15) is 8.42 Å². The van der Waals surface area contributed by atoms with Crippen LogP contribution in [0.4, 0.5) is 11.4 Å². The van der Waals surface area contributed by atoms with Crippen molar-refractivity contribution in [2.45, 2.75) is 23.8 Å². The maximum atomic E-state index is 12.9. The van der Waals surface area contributed by atoms with Crippen LogP contribution in [0, 0.1) is 5.92 Å². The van der Waals surface area contributed by atoms with E-state index in [0.717, 1.165) is 30.7 Å². The Morgan fingerprint density at radius 1 is 1.29 bits per heavy atom. The van der Waals surface area contributed by atoms with Crippen LogP contribution in [0.25, 0.3) is 0 Å². The fourth-order valence-electron chi connectivity index (χ4n) is 3.33. The van der Waals surface area contributed by atoms with E-state index in [4.69, 9.17) is 0 Å². The minimum absolute atomic E-state index is 0.285. The molecule has 2 fully saturated rings. The van der Waals surface area contributed by atoms with Gasteiger partial charge in [-0.15, -0.1) is 0 Å². The van der Waals surface area contributed by atoms with Gasteiger partial charge in [0.1, 0.15) is 16.3 Å². The van der Waals surface area contributed by atoms with Gasteiger partial charge in [0, 0.05) is 19.1 Å². The second-order valence-corrected chi connectivity index (χ2v) is 8.11. The number of nitrogens with zero attached hydrogens (tertiary/aromatic N) is 3. The van der Waals surface area contributed by atoms with Crippen LogP contribution in [0.1, 0.15) is 12.8 Å². The molecular formula is C13H16N4O2S2. The van der Waals surface area contributed by atoms with Crippen molar-refractivity contribution in [3.63, 3.8) is 0 Å². The highest BCUT2D eigenvalue weighted by molar-refractivity contribution is 7.89. The molecule has 112 valence electrons. The van der Waals surface area contributed by atoms with Gasteiger partial charge in [-0.1, -0.05) is 6.07 Å². The largest absolute Gasteiger partial charge is 0.312 e. The van der Waals surface area contributed by atoms with Crippen molar-refractivity contribution in [1.29, 1.82) is 0 Å². The van der Waals surface area contributed by atoms with E-state index in [0.29, 0.717) is 36.4 Å². The standard InChI is InChI=1S/C13H16N4O2S2/c18-21(19,12-5-1-4-10-13(12)16-20-15-10)17-7-9-3-2-6-14-11(9)8-17/h1,4-5,9,11,14H,2-3,6-8H2. The zero-order chi connectivity index (χ0) is 14.4. The number of hydrogen-bond donors (Lipinski definition) is 1. The third kappa shape index (κ3) is 2.17. The van der Waals surface area contributed by atoms with E-state index in [1.807, 2.05) is 0 Å². The number of rotatable bonds is 2. The van der Waals surface area contributed by atoms with Gasteiger partial charge in [-0.2, -0.15) is 13.0 Å². The van der Waals surface area contributed by atoms with Crippen LogP contribution in [0.2, 0.25) is 0 Å². The van der Waals surface area contributed by atoms with Crippen molar-refractivity contribution < 1.29 is 8.42 Å². The molecule has 3 aliphatic heterocycles. The van der Waals surface area contributed by atoms with Crippen molar-refractivity contribution in [3.05, 3.63) is 18.2 Å². The van der Waals surface area contributed by atoms with Crippen LogP contribution >= 0.6 is 0 Å². The van der Waals surface area contributed by atoms with Gasteiger partial charge in [-0.3, -0.25) is 0 Å². The highest BCUT2D eigenvalue weighted by Gasteiger charge is 2.41. The third-order valence-electron chi connectivity index (χ3n) is 4.43. The molecule has 2 unspecified atom stereocenters. The van der Waals surface area contributed by atoms with Crippen LogP contribution < -0.4 is 5.32 Å². The average Bonchev–Trinajstić information content (AvgIpc) is 3.13. The first kappa shape index (κ1) is 13.6. The van der Waals surface area contributed by atoms with Crippen molar-refractivity contribution in [1.82, 2.24) is 9.62 Å². The van der Waals surface area contributed by atoms with E-state index >= 15 is 0 Å². The molecule has 0 bridgehead atoms. The van der Waals surface area contributed by atoms with Crippen LogP contribution in [0.5, 0.6) is 0 Å². The van der Waals surface area contributed by atoms with Crippen molar-refractivity contribution in [3.8, 4) is 0 Å². The summed E-state index contributed by atoms with van der Waals surface area (Å²) >= 11 is 1.05. The van der Waals surface area contributed by atoms with Crippen LogP contribution in [0.15, 0.2) is 31.8 Å². The van der Waals surface area contributed by atoms with E-state index in [2.05, 4.69) is 14.0 Å². The molecule has 8 heteroatoms. The topological polar surface area (TPSA) is 74.1 Å². The first-order chi connectivity index (χ1) is 10.2. The number of fused-ring (bicyclic) bond motifs is 2. The van der Waals surface area contributed by atoms with E-state index < -0.39 is 10.0 Å². The Labute approximate surface area is 127 Å².